The van der Waals surface area contributed by atoms with Gasteiger partial charge < -0.3 is 15.8 Å². The quantitative estimate of drug-likeness (QED) is 0.853. The number of benzene rings is 1. The number of carbonyl (C=O) groups is 2. The molecule has 0 unspecified atom stereocenters. The van der Waals surface area contributed by atoms with Crippen LogP contribution < -0.4 is 15.8 Å². The van der Waals surface area contributed by atoms with Crippen molar-refractivity contribution in [3.05, 3.63) is 28.2 Å². The van der Waals surface area contributed by atoms with Crippen LogP contribution in [-0.2, 0) is 4.79 Å². The molecule has 1 rings (SSSR count). The van der Waals surface area contributed by atoms with E-state index in [0.29, 0.717) is 15.8 Å². The van der Waals surface area contributed by atoms with E-state index >= 15 is 0 Å². The topological polar surface area (TPSA) is 81.4 Å². The van der Waals surface area contributed by atoms with Crippen molar-refractivity contribution in [1.82, 2.24) is 5.32 Å². The fourth-order valence-corrected chi connectivity index (χ4v) is 1.75. The Morgan fingerprint density at radius 2 is 2.18 bits per heavy atom. The molecule has 2 amide bonds. The summed E-state index contributed by atoms with van der Waals surface area (Å²) >= 11 is 3.29. The van der Waals surface area contributed by atoms with Crippen LogP contribution in [0.15, 0.2) is 22.7 Å². The molecule has 0 aliphatic carbocycles. The zero-order valence-electron chi connectivity index (χ0n) is 9.33. The van der Waals surface area contributed by atoms with Gasteiger partial charge in [0.2, 0.25) is 5.91 Å². The van der Waals surface area contributed by atoms with Gasteiger partial charge in [0.15, 0.2) is 0 Å². The maximum absolute atomic E-state index is 11.7. The molecule has 3 N–H and O–H groups in total. The lowest BCUT2D eigenvalue weighted by Gasteiger charge is -2.07. The fraction of sp³-hybridized carbons (Fsp3) is 0.273. The fourth-order valence-electron chi connectivity index (χ4n) is 1.21. The zero-order valence-corrected chi connectivity index (χ0v) is 10.9. The third-order valence-corrected chi connectivity index (χ3v) is 2.69. The Morgan fingerprint density at radius 3 is 2.71 bits per heavy atom. The molecule has 0 aromatic heterocycles. The van der Waals surface area contributed by atoms with Crippen molar-refractivity contribution < 1.29 is 14.3 Å². The summed E-state index contributed by atoms with van der Waals surface area (Å²) < 4.78 is 5.75. The second kappa shape index (κ2) is 6.24. The summed E-state index contributed by atoms with van der Waals surface area (Å²) in [4.78, 5) is 22.2. The van der Waals surface area contributed by atoms with Crippen LogP contribution in [0.4, 0.5) is 0 Å². The van der Waals surface area contributed by atoms with E-state index in [1.807, 2.05) is 0 Å². The van der Waals surface area contributed by atoms with Gasteiger partial charge in [-0.3, -0.25) is 9.59 Å². The molecule has 0 bridgehead atoms. The standard InChI is InChI=1S/C11H13BrN2O3/c1-17-9-3-2-7(6-8(9)12)11(16)14-5-4-10(13)15/h2-3,6H,4-5H2,1H3,(H2,13,15)(H,14,16). The Balaban J connectivity index is 2.63. The Labute approximate surface area is 107 Å². The molecule has 0 atom stereocenters. The molecule has 0 fully saturated rings. The molecule has 0 aliphatic heterocycles. The van der Waals surface area contributed by atoms with Gasteiger partial charge in [0.1, 0.15) is 5.75 Å². The number of halogens is 1. The lowest BCUT2D eigenvalue weighted by Crippen LogP contribution is -2.27. The Morgan fingerprint density at radius 1 is 1.47 bits per heavy atom. The first kappa shape index (κ1) is 13.5. The first-order valence-electron chi connectivity index (χ1n) is 4.94. The van der Waals surface area contributed by atoms with E-state index in [0.717, 1.165) is 0 Å². The van der Waals surface area contributed by atoms with E-state index in [2.05, 4.69) is 21.2 Å². The Bertz CT molecular complexity index is 435. The van der Waals surface area contributed by atoms with Gasteiger partial charge in [0, 0.05) is 18.5 Å². The van der Waals surface area contributed by atoms with Crippen LogP contribution in [0.25, 0.3) is 0 Å². The number of nitrogens with two attached hydrogens (primary N) is 1. The number of methoxy groups -OCH3 is 1. The minimum atomic E-state index is -0.443. The van der Waals surface area contributed by atoms with Crippen LogP contribution in [0.5, 0.6) is 5.75 Å². The molecule has 1 aromatic rings. The number of hydrogen-bond donors (Lipinski definition) is 2. The van der Waals surface area contributed by atoms with E-state index in [-0.39, 0.29) is 18.9 Å². The maximum Gasteiger partial charge on any atom is 0.251 e. The van der Waals surface area contributed by atoms with Crippen LogP contribution in [-0.4, -0.2) is 25.5 Å². The summed E-state index contributed by atoms with van der Waals surface area (Å²) in [5, 5.41) is 2.59. The van der Waals surface area contributed by atoms with Gasteiger partial charge >= 0.3 is 0 Å². The van der Waals surface area contributed by atoms with Gasteiger partial charge in [-0.1, -0.05) is 0 Å². The van der Waals surface area contributed by atoms with Crippen LogP contribution >= 0.6 is 15.9 Å². The van der Waals surface area contributed by atoms with Crippen LogP contribution in [0.1, 0.15) is 16.8 Å². The lowest BCUT2D eigenvalue weighted by atomic mass is 10.2. The number of primary amides is 1. The van der Waals surface area contributed by atoms with E-state index in [1.54, 1.807) is 25.3 Å². The van der Waals surface area contributed by atoms with Gasteiger partial charge in [0.25, 0.3) is 5.91 Å². The molecular weight excluding hydrogens is 288 g/mol. The number of rotatable bonds is 5. The normalized spacial score (nSPS) is 9.76. The van der Waals surface area contributed by atoms with Gasteiger partial charge in [-0.2, -0.15) is 0 Å². The summed E-state index contributed by atoms with van der Waals surface area (Å²) in [6.45, 7) is 0.234. The van der Waals surface area contributed by atoms with Crippen molar-refractivity contribution in [1.29, 1.82) is 0 Å². The molecule has 0 saturated carbocycles. The van der Waals surface area contributed by atoms with Gasteiger partial charge in [-0.15, -0.1) is 0 Å². The molecule has 5 nitrogen and oxygen atoms in total. The van der Waals surface area contributed by atoms with Crippen LogP contribution in [0, 0.1) is 0 Å². The lowest BCUT2D eigenvalue weighted by molar-refractivity contribution is -0.117. The molecule has 1 aromatic carbocycles. The molecular formula is C11H13BrN2O3. The van der Waals surface area contributed by atoms with Crippen molar-refractivity contribution >= 4 is 27.7 Å². The van der Waals surface area contributed by atoms with Crippen molar-refractivity contribution in [2.75, 3.05) is 13.7 Å². The molecule has 0 radical (unpaired) electrons. The SMILES string of the molecule is COc1ccc(C(=O)NCCC(N)=O)cc1Br. The molecule has 92 valence electrons. The minimum absolute atomic E-state index is 0.128. The highest BCUT2D eigenvalue weighted by Gasteiger charge is 2.08. The summed E-state index contributed by atoms with van der Waals surface area (Å²) in [7, 11) is 1.55. The molecule has 17 heavy (non-hydrogen) atoms. The summed E-state index contributed by atoms with van der Waals surface area (Å²) in [5.41, 5.74) is 5.45. The summed E-state index contributed by atoms with van der Waals surface area (Å²) in [6.07, 6.45) is 0.128. The molecule has 0 saturated heterocycles. The number of ether oxygens (including phenoxy) is 1. The van der Waals surface area contributed by atoms with Crippen LogP contribution in [0.3, 0.4) is 0 Å². The second-order valence-corrected chi connectivity index (χ2v) is 4.18. The monoisotopic (exact) mass is 300 g/mol. The predicted molar refractivity (Wildman–Crippen MR) is 66.8 cm³/mol. The second-order valence-electron chi connectivity index (χ2n) is 3.32. The van der Waals surface area contributed by atoms with E-state index in [9.17, 15) is 9.59 Å². The van der Waals surface area contributed by atoms with Crippen molar-refractivity contribution in [3.8, 4) is 5.75 Å². The number of nitrogens with one attached hydrogen (secondary N) is 1. The molecule has 6 heteroatoms. The minimum Gasteiger partial charge on any atom is -0.496 e. The zero-order chi connectivity index (χ0) is 12.8. The van der Waals surface area contributed by atoms with Crippen molar-refractivity contribution in [2.45, 2.75) is 6.42 Å². The third kappa shape index (κ3) is 4.07. The largest absolute Gasteiger partial charge is 0.496 e. The molecule has 0 heterocycles. The molecule has 0 spiro atoms. The smallest absolute Gasteiger partial charge is 0.251 e. The number of carbonyl (C=O) groups excluding carboxylic acids is 2. The number of amides is 2. The predicted octanol–water partition coefficient (Wildman–Crippen LogP) is 1.06. The summed E-state index contributed by atoms with van der Waals surface area (Å²) in [6, 6.07) is 4.98. The van der Waals surface area contributed by atoms with Gasteiger partial charge in [0.05, 0.1) is 11.6 Å². The van der Waals surface area contributed by atoms with E-state index < -0.39 is 5.91 Å². The van der Waals surface area contributed by atoms with E-state index in [4.69, 9.17) is 10.5 Å². The van der Waals surface area contributed by atoms with Crippen molar-refractivity contribution in [2.24, 2.45) is 5.73 Å². The van der Waals surface area contributed by atoms with Crippen molar-refractivity contribution in [3.63, 3.8) is 0 Å². The maximum atomic E-state index is 11.7. The number of hydrogen-bond acceptors (Lipinski definition) is 3. The summed E-state index contributed by atoms with van der Waals surface area (Å²) in [5.74, 6) is -0.0468. The first-order chi connectivity index (χ1) is 8.04. The third-order valence-electron chi connectivity index (χ3n) is 2.07. The van der Waals surface area contributed by atoms with Gasteiger partial charge in [-0.05, 0) is 34.1 Å². The Kier molecular flexibility index (Phi) is 4.96. The Hall–Kier alpha value is -1.56. The average Bonchev–Trinajstić information content (AvgIpc) is 2.28. The first-order valence-corrected chi connectivity index (χ1v) is 5.74. The highest BCUT2D eigenvalue weighted by molar-refractivity contribution is 9.10. The average molecular weight is 301 g/mol. The van der Waals surface area contributed by atoms with Crippen LogP contribution in [0.2, 0.25) is 0 Å². The molecule has 0 aliphatic rings. The highest BCUT2D eigenvalue weighted by atomic mass is 79.9. The van der Waals surface area contributed by atoms with E-state index in [1.165, 1.54) is 0 Å². The van der Waals surface area contributed by atoms with Gasteiger partial charge in [-0.25, -0.2) is 0 Å². The highest BCUT2D eigenvalue weighted by Crippen LogP contribution is 2.25.